The molecule has 2 aromatic heterocycles. The zero-order valence-electron chi connectivity index (χ0n) is 10.7. The van der Waals surface area contributed by atoms with Crippen molar-refractivity contribution in [1.29, 1.82) is 0 Å². The van der Waals surface area contributed by atoms with Crippen LogP contribution in [0.15, 0.2) is 24.7 Å². The van der Waals surface area contributed by atoms with Gasteiger partial charge in [0.2, 0.25) is 0 Å². The maximum atomic E-state index is 5.69. The molecular weight excluding hydrogens is 230 g/mol. The highest BCUT2D eigenvalue weighted by Crippen LogP contribution is 2.25. The fraction of sp³-hybridized carbons (Fsp3) is 0.417. The summed E-state index contributed by atoms with van der Waals surface area (Å²) >= 11 is 0. The summed E-state index contributed by atoms with van der Waals surface area (Å²) < 4.78 is 5.69. The fourth-order valence-corrected chi connectivity index (χ4v) is 1.54. The summed E-state index contributed by atoms with van der Waals surface area (Å²) in [5, 5.41) is 9.90. The molecule has 0 spiro atoms. The Balaban J connectivity index is 2.13. The van der Waals surface area contributed by atoms with Crippen LogP contribution in [0.2, 0.25) is 0 Å². The van der Waals surface area contributed by atoms with E-state index in [4.69, 9.17) is 4.74 Å². The Morgan fingerprint density at radius 2 is 2.11 bits per heavy atom. The van der Waals surface area contributed by atoms with E-state index < -0.39 is 0 Å². The molecule has 1 atom stereocenters. The molecule has 0 saturated heterocycles. The first-order chi connectivity index (χ1) is 8.66. The zero-order chi connectivity index (χ0) is 13.0. The average Bonchev–Trinajstić information content (AvgIpc) is 2.84. The number of nitrogens with one attached hydrogen (secondary N) is 2. The smallest absolute Gasteiger partial charge is 0.169 e. The molecule has 0 aliphatic heterocycles. The van der Waals surface area contributed by atoms with Crippen LogP contribution >= 0.6 is 0 Å². The van der Waals surface area contributed by atoms with E-state index in [1.54, 1.807) is 6.20 Å². The van der Waals surface area contributed by atoms with Crippen LogP contribution < -0.4 is 10.1 Å². The molecule has 2 N–H and O–H groups in total. The van der Waals surface area contributed by atoms with E-state index in [9.17, 15) is 0 Å². The van der Waals surface area contributed by atoms with Gasteiger partial charge >= 0.3 is 0 Å². The Bertz CT molecular complexity index is 483. The highest BCUT2D eigenvalue weighted by molar-refractivity contribution is 5.50. The predicted octanol–water partition coefficient (Wildman–Crippen LogP) is 2.16. The number of nitrogens with zero attached hydrogens (tertiary/aromatic N) is 3. The quantitative estimate of drug-likeness (QED) is 0.846. The number of rotatable bonds is 5. The van der Waals surface area contributed by atoms with Crippen LogP contribution in [-0.2, 0) is 0 Å². The minimum atomic E-state index is -0.0167. The van der Waals surface area contributed by atoms with Gasteiger partial charge in [0.25, 0.3) is 0 Å². The number of hydrogen-bond acceptors (Lipinski definition) is 5. The Kier molecular flexibility index (Phi) is 3.76. The summed E-state index contributed by atoms with van der Waals surface area (Å²) in [5.41, 5.74) is 0. The molecule has 1 unspecified atom stereocenters. The van der Waals surface area contributed by atoms with Crippen LogP contribution in [-0.4, -0.2) is 26.3 Å². The third-order valence-corrected chi connectivity index (χ3v) is 2.33. The molecule has 0 saturated carbocycles. The topological polar surface area (TPSA) is 75.7 Å². The van der Waals surface area contributed by atoms with Gasteiger partial charge in [-0.25, -0.2) is 9.97 Å². The monoisotopic (exact) mass is 247 g/mol. The number of pyridine rings is 1. The van der Waals surface area contributed by atoms with Crippen molar-refractivity contribution in [3.63, 3.8) is 0 Å². The van der Waals surface area contributed by atoms with E-state index >= 15 is 0 Å². The molecule has 2 aromatic rings. The third-order valence-electron chi connectivity index (χ3n) is 2.33. The Morgan fingerprint density at radius 1 is 1.28 bits per heavy atom. The number of aromatic nitrogens is 4. The van der Waals surface area contributed by atoms with E-state index in [0.29, 0.717) is 5.82 Å². The molecular formula is C12H17N5O. The van der Waals surface area contributed by atoms with Gasteiger partial charge in [0, 0.05) is 6.20 Å². The van der Waals surface area contributed by atoms with Crippen molar-refractivity contribution in [2.45, 2.75) is 32.9 Å². The molecule has 2 rings (SSSR count). The van der Waals surface area contributed by atoms with Gasteiger partial charge in [0.1, 0.15) is 12.2 Å². The molecule has 6 heteroatoms. The van der Waals surface area contributed by atoms with Gasteiger partial charge < -0.3 is 10.1 Å². The number of H-pyrrole nitrogens is 1. The van der Waals surface area contributed by atoms with E-state index in [1.165, 1.54) is 6.33 Å². The summed E-state index contributed by atoms with van der Waals surface area (Å²) in [6.45, 7) is 5.95. The predicted molar refractivity (Wildman–Crippen MR) is 68.4 cm³/mol. The first-order valence-corrected chi connectivity index (χ1v) is 5.90. The van der Waals surface area contributed by atoms with Crippen LogP contribution in [0, 0.1) is 0 Å². The SMILES string of the molecule is CC(C)Oc1cccnc1NC(C)c1ncn[nH]1. The molecule has 0 bridgehead atoms. The Labute approximate surface area is 106 Å². The van der Waals surface area contributed by atoms with Crippen molar-refractivity contribution in [3.05, 3.63) is 30.5 Å². The lowest BCUT2D eigenvalue weighted by atomic mass is 10.3. The van der Waals surface area contributed by atoms with Crippen LogP contribution in [0.5, 0.6) is 5.75 Å². The molecule has 0 fully saturated rings. The van der Waals surface area contributed by atoms with Crippen molar-refractivity contribution >= 4 is 5.82 Å². The molecule has 0 amide bonds. The number of anilines is 1. The molecule has 18 heavy (non-hydrogen) atoms. The minimum Gasteiger partial charge on any atom is -0.487 e. The molecule has 0 radical (unpaired) electrons. The Hall–Kier alpha value is -2.11. The van der Waals surface area contributed by atoms with Crippen molar-refractivity contribution in [2.75, 3.05) is 5.32 Å². The van der Waals surface area contributed by atoms with Gasteiger partial charge in [-0.2, -0.15) is 5.10 Å². The van der Waals surface area contributed by atoms with Gasteiger partial charge in [-0.15, -0.1) is 0 Å². The van der Waals surface area contributed by atoms with Crippen molar-refractivity contribution in [2.24, 2.45) is 0 Å². The summed E-state index contributed by atoms with van der Waals surface area (Å²) in [6.07, 6.45) is 3.32. The van der Waals surface area contributed by atoms with Crippen LogP contribution in [0.25, 0.3) is 0 Å². The van der Waals surface area contributed by atoms with Gasteiger partial charge in [0.15, 0.2) is 11.6 Å². The highest BCUT2D eigenvalue weighted by Gasteiger charge is 2.12. The first kappa shape index (κ1) is 12.3. The summed E-state index contributed by atoms with van der Waals surface area (Å²) in [6, 6.07) is 3.72. The standard InChI is InChI=1S/C12H17N5O/c1-8(2)18-10-5-4-6-13-12(10)16-9(3)11-14-7-15-17-11/h4-9H,1-3H3,(H,13,16)(H,14,15,17). The van der Waals surface area contributed by atoms with Gasteiger partial charge in [-0.3, -0.25) is 5.10 Å². The van der Waals surface area contributed by atoms with Crippen molar-refractivity contribution < 1.29 is 4.74 Å². The maximum Gasteiger partial charge on any atom is 0.169 e. The number of hydrogen-bond donors (Lipinski definition) is 2. The second kappa shape index (κ2) is 5.48. The normalized spacial score (nSPS) is 12.4. The maximum absolute atomic E-state index is 5.69. The summed E-state index contributed by atoms with van der Waals surface area (Å²) in [5.74, 6) is 2.20. The van der Waals surface area contributed by atoms with Crippen molar-refractivity contribution in [1.82, 2.24) is 20.2 Å². The van der Waals surface area contributed by atoms with Crippen molar-refractivity contribution in [3.8, 4) is 5.75 Å². The number of ether oxygens (including phenoxy) is 1. The van der Waals surface area contributed by atoms with Crippen LogP contribution in [0.4, 0.5) is 5.82 Å². The van der Waals surface area contributed by atoms with Gasteiger partial charge in [0.05, 0.1) is 12.1 Å². The fourth-order valence-electron chi connectivity index (χ4n) is 1.54. The number of aromatic amines is 1. The van der Waals surface area contributed by atoms with Gasteiger partial charge in [-0.05, 0) is 32.9 Å². The summed E-state index contributed by atoms with van der Waals surface area (Å²) in [7, 11) is 0. The second-order valence-electron chi connectivity index (χ2n) is 4.25. The molecule has 6 nitrogen and oxygen atoms in total. The molecule has 2 heterocycles. The molecule has 0 aliphatic rings. The zero-order valence-corrected chi connectivity index (χ0v) is 10.7. The lowest BCUT2D eigenvalue weighted by Crippen LogP contribution is -2.13. The lowest BCUT2D eigenvalue weighted by Gasteiger charge is -2.17. The minimum absolute atomic E-state index is 0.0167. The second-order valence-corrected chi connectivity index (χ2v) is 4.25. The highest BCUT2D eigenvalue weighted by atomic mass is 16.5. The van der Waals surface area contributed by atoms with E-state index in [1.807, 2.05) is 32.9 Å². The first-order valence-electron chi connectivity index (χ1n) is 5.90. The molecule has 0 aromatic carbocycles. The largest absolute Gasteiger partial charge is 0.487 e. The molecule has 0 aliphatic carbocycles. The lowest BCUT2D eigenvalue weighted by molar-refractivity contribution is 0.242. The van der Waals surface area contributed by atoms with E-state index in [-0.39, 0.29) is 12.1 Å². The summed E-state index contributed by atoms with van der Waals surface area (Å²) in [4.78, 5) is 8.39. The van der Waals surface area contributed by atoms with Gasteiger partial charge in [-0.1, -0.05) is 0 Å². The van der Waals surface area contributed by atoms with E-state index in [2.05, 4.69) is 25.5 Å². The Morgan fingerprint density at radius 3 is 2.78 bits per heavy atom. The average molecular weight is 247 g/mol. The van der Waals surface area contributed by atoms with Crippen LogP contribution in [0.1, 0.15) is 32.6 Å². The third kappa shape index (κ3) is 2.97. The van der Waals surface area contributed by atoms with Crippen LogP contribution in [0.3, 0.4) is 0 Å². The van der Waals surface area contributed by atoms with E-state index in [0.717, 1.165) is 11.6 Å². The molecule has 96 valence electrons.